The minimum atomic E-state index is -0.608. The van der Waals surface area contributed by atoms with Gasteiger partial charge in [0, 0.05) is 11.1 Å². The molecule has 2 nitrogen and oxygen atoms in total. The van der Waals surface area contributed by atoms with Crippen LogP contribution in [-0.2, 0) is 6.61 Å². The third kappa shape index (κ3) is 3.05. The maximum Gasteiger partial charge on any atom is 0.174 e. The highest BCUT2D eigenvalue weighted by molar-refractivity contribution is 7.80. The molecule has 6 heteroatoms. The van der Waals surface area contributed by atoms with Crippen LogP contribution in [-0.4, -0.2) is 4.99 Å². The first kappa shape index (κ1) is 14.7. The molecule has 0 spiro atoms. The van der Waals surface area contributed by atoms with Crippen molar-refractivity contribution in [2.75, 3.05) is 0 Å². The van der Waals surface area contributed by atoms with Crippen LogP contribution in [0.1, 0.15) is 11.1 Å². The van der Waals surface area contributed by atoms with Crippen LogP contribution >= 0.6 is 23.8 Å². The lowest BCUT2D eigenvalue weighted by atomic mass is 10.1. The van der Waals surface area contributed by atoms with E-state index in [1.807, 2.05) is 0 Å². The zero-order valence-electron chi connectivity index (χ0n) is 10.2. The Kier molecular flexibility index (Phi) is 4.52. The molecule has 2 aromatic carbocycles. The monoisotopic (exact) mass is 313 g/mol. The Morgan fingerprint density at radius 3 is 2.55 bits per heavy atom. The van der Waals surface area contributed by atoms with E-state index in [-0.39, 0.29) is 33.5 Å². The summed E-state index contributed by atoms with van der Waals surface area (Å²) in [6.07, 6.45) is 0. The molecule has 0 bridgehead atoms. The molecular formula is C14H10ClF2NOS. The minimum absolute atomic E-state index is 0.0479. The fourth-order valence-corrected chi connectivity index (χ4v) is 2.03. The van der Waals surface area contributed by atoms with Crippen molar-refractivity contribution >= 4 is 28.8 Å². The van der Waals surface area contributed by atoms with Gasteiger partial charge >= 0.3 is 0 Å². The lowest BCUT2D eigenvalue weighted by Gasteiger charge is -2.11. The highest BCUT2D eigenvalue weighted by atomic mass is 35.5. The number of ether oxygens (including phenoxy) is 1. The molecule has 0 saturated carbocycles. The predicted octanol–water partition coefficient (Wildman–Crippen LogP) is 3.83. The summed E-state index contributed by atoms with van der Waals surface area (Å²) in [5.41, 5.74) is 5.75. The van der Waals surface area contributed by atoms with Crippen LogP contribution in [0.15, 0.2) is 36.4 Å². The van der Waals surface area contributed by atoms with Crippen molar-refractivity contribution in [2.24, 2.45) is 5.73 Å². The van der Waals surface area contributed by atoms with Gasteiger partial charge in [0.1, 0.15) is 17.4 Å². The van der Waals surface area contributed by atoms with Gasteiger partial charge < -0.3 is 10.5 Å². The number of hydrogen-bond acceptors (Lipinski definition) is 2. The first-order chi connectivity index (χ1) is 9.50. The summed E-state index contributed by atoms with van der Waals surface area (Å²) >= 11 is 10.6. The highest BCUT2D eigenvalue weighted by Gasteiger charge is 2.13. The van der Waals surface area contributed by atoms with Crippen LogP contribution in [0.3, 0.4) is 0 Å². The van der Waals surface area contributed by atoms with Crippen LogP contribution in [0.2, 0.25) is 5.02 Å². The van der Waals surface area contributed by atoms with Gasteiger partial charge in [-0.1, -0.05) is 42.0 Å². The highest BCUT2D eigenvalue weighted by Crippen LogP contribution is 2.28. The fraction of sp³-hybridized carbons (Fsp3) is 0.0714. The lowest BCUT2D eigenvalue weighted by Crippen LogP contribution is -2.13. The molecule has 0 fully saturated rings. The van der Waals surface area contributed by atoms with Gasteiger partial charge in [0.05, 0.1) is 5.02 Å². The Hall–Kier alpha value is -1.72. The average molecular weight is 314 g/mol. The Balaban J connectivity index is 2.24. The topological polar surface area (TPSA) is 35.2 Å². The van der Waals surface area contributed by atoms with E-state index in [0.29, 0.717) is 0 Å². The SMILES string of the molecule is NC(=S)c1cccc(COc2c(F)cccc2Cl)c1F. The second-order valence-electron chi connectivity index (χ2n) is 3.98. The number of benzene rings is 2. The van der Waals surface area contributed by atoms with Crippen LogP contribution in [0.25, 0.3) is 0 Å². The fourth-order valence-electron chi connectivity index (χ4n) is 1.65. The normalized spacial score (nSPS) is 10.3. The van der Waals surface area contributed by atoms with Gasteiger partial charge in [-0.05, 0) is 18.2 Å². The standard InChI is InChI=1S/C14H10ClF2NOS/c15-10-5-2-6-11(16)13(10)19-7-8-3-1-4-9(12(8)17)14(18)20/h1-6H,7H2,(H2,18,20). The van der Waals surface area contributed by atoms with Crippen LogP contribution in [0, 0.1) is 11.6 Å². The van der Waals surface area contributed by atoms with Crippen LogP contribution in [0.4, 0.5) is 8.78 Å². The smallest absolute Gasteiger partial charge is 0.174 e. The number of thiocarbonyl (C=S) groups is 1. The molecule has 0 aliphatic carbocycles. The Morgan fingerprint density at radius 1 is 1.20 bits per heavy atom. The number of para-hydroxylation sites is 1. The van der Waals surface area contributed by atoms with Crippen molar-refractivity contribution in [3.8, 4) is 5.75 Å². The molecule has 0 saturated heterocycles. The van der Waals surface area contributed by atoms with E-state index in [0.717, 1.165) is 0 Å². The predicted molar refractivity (Wildman–Crippen MR) is 78.0 cm³/mol. The summed E-state index contributed by atoms with van der Waals surface area (Å²) in [7, 11) is 0. The summed E-state index contributed by atoms with van der Waals surface area (Å²) in [5.74, 6) is -1.30. The zero-order chi connectivity index (χ0) is 14.7. The summed E-state index contributed by atoms with van der Waals surface area (Å²) in [5, 5.41) is 0.121. The first-order valence-corrected chi connectivity index (χ1v) is 6.43. The molecule has 0 atom stereocenters. The lowest BCUT2D eigenvalue weighted by molar-refractivity contribution is 0.285. The molecule has 2 N–H and O–H groups in total. The van der Waals surface area contributed by atoms with E-state index in [1.54, 1.807) is 6.07 Å². The van der Waals surface area contributed by atoms with Crippen molar-refractivity contribution in [2.45, 2.75) is 6.61 Å². The molecule has 0 heterocycles. The molecule has 104 valence electrons. The minimum Gasteiger partial charge on any atom is -0.484 e. The molecule has 0 aliphatic heterocycles. The maximum atomic E-state index is 14.1. The number of rotatable bonds is 4. The first-order valence-electron chi connectivity index (χ1n) is 5.64. The summed E-state index contributed by atoms with van der Waals surface area (Å²) in [6, 6.07) is 8.73. The van der Waals surface area contributed by atoms with Gasteiger partial charge in [0.2, 0.25) is 0 Å². The van der Waals surface area contributed by atoms with Crippen LogP contribution < -0.4 is 10.5 Å². The average Bonchev–Trinajstić information content (AvgIpc) is 2.39. The summed E-state index contributed by atoms with van der Waals surface area (Å²) in [6.45, 7) is -0.178. The van der Waals surface area contributed by atoms with Crippen molar-refractivity contribution in [1.29, 1.82) is 0 Å². The van der Waals surface area contributed by atoms with Crippen molar-refractivity contribution in [3.63, 3.8) is 0 Å². The molecular weight excluding hydrogens is 304 g/mol. The van der Waals surface area contributed by atoms with Gasteiger partial charge in [-0.15, -0.1) is 0 Å². The molecule has 2 aromatic rings. The Morgan fingerprint density at radius 2 is 1.90 bits per heavy atom. The van der Waals surface area contributed by atoms with Gasteiger partial charge in [-0.2, -0.15) is 0 Å². The van der Waals surface area contributed by atoms with Crippen molar-refractivity contribution in [3.05, 3.63) is 64.2 Å². The van der Waals surface area contributed by atoms with E-state index in [4.69, 9.17) is 34.3 Å². The summed E-state index contributed by atoms with van der Waals surface area (Å²) < 4.78 is 32.8. The largest absolute Gasteiger partial charge is 0.484 e. The molecule has 2 rings (SSSR count). The summed E-state index contributed by atoms with van der Waals surface area (Å²) in [4.78, 5) is -0.0479. The molecule has 0 aromatic heterocycles. The van der Waals surface area contributed by atoms with Crippen LogP contribution in [0.5, 0.6) is 5.75 Å². The second-order valence-corrected chi connectivity index (χ2v) is 4.83. The van der Waals surface area contributed by atoms with Gasteiger partial charge in [-0.3, -0.25) is 0 Å². The molecule has 0 radical (unpaired) electrons. The zero-order valence-corrected chi connectivity index (χ0v) is 11.8. The number of nitrogens with two attached hydrogens (primary N) is 1. The van der Waals surface area contributed by atoms with Gasteiger partial charge in [0.25, 0.3) is 0 Å². The number of halogens is 3. The van der Waals surface area contributed by atoms with Crippen molar-refractivity contribution in [1.82, 2.24) is 0 Å². The van der Waals surface area contributed by atoms with Crippen molar-refractivity contribution < 1.29 is 13.5 Å². The third-order valence-electron chi connectivity index (χ3n) is 2.64. The van der Waals surface area contributed by atoms with E-state index >= 15 is 0 Å². The second kappa shape index (κ2) is 6.15. The van der Waals surface area contributed by atoms with Gasteiger partial charge in [0.15, 0.2) is 11.6 Å². The molecule has 20 heavy (non-hydrogen) atoms. The van der Waals surface area contributed by atoms with E-state index < -0.39 is 11.6 Å². The van der Waals surface area contributed by atoms with Gasteiger partial charge in [-0.25, -0.2) is 8.78 Å². The Labute approximate surface area is 125 Å². The molecule has 0 aliphatic rings. The molecule has 0 unspecified atom stereocenters. The maximum absolute atomic E-state index is 14.1. The number of hydrogen-bond donors (Lipinski definition) is 1. The quantitative estimate of drug-likeness (QED) is 0.871. The molecule has 0 amide bonds. The third-order valence-corrected chi connectivity index (χ3v) is 3.15. The van der Waals surface area contributed by atoms with E-state index in [9.17, 15) is 8.78 Å². The Bertz CT molecular complexity index is 643. The van der Waals surface area contributed by atoms with E-state index in [1.165, 1.54) is 30.3 Å². The van der Waals surface area contributed by atoms with E-state index in [2.05, 4.69) is 0 Å².